The third-order valence-corrected chi connectivity index (χ3v) is 2.47. The maximum atomic E-state index is 13.3. The number of nitrogens with one attached hydrogen (secondary N) is 2. The second-order valence-electron chi connectivity index (χ2n) is 3.76. The fraction of sp³-hybridized carbons (Fsp3) is 0.167. The molecule has 114 valence electrons. The maximum absolute atomic E-state index is 13.3. The molecule has 1 aromatic rings. The lowest BCUT2D eigenvalue weighted by molar-refractivity contribution is -0.132. The smallest absolute Gasteiger partial charge is 0.363 e. The van der Waals surface area contributed by atoms with Crippen LogP contribution in [-0.2, 0) is 4.79 Å². The number of allylic oxidation sites excluding steroid dienone is 1. The SMILES string of the molecule is N=C(/C(C(=O)O)=C(\Nc1ccccc1)C(F)(F)Cl)C(F)F. The maximum Gasteiger partial charge on any atom is 0.363 e. The molecule has 0 amide bonds. The van der Waals surface area contributed by atoms with E-state index in [1.54, 1.807) is 6.07 Å². The molecule has 0 heterocycles. The highest BCUT2D eigenvalue weighted by Crippen LogP contribution is 2.33. The van der Waals surface area contributed by atoms with Gasteiger partial charge in [-0.05, 0) is 23.7 Å². The molecule has 0 aliphatic carbocycles. The summed E-state index contributed by atoms with van der Waals surface area (Å²) in [7, 11) is 0. The molecule has 0 atom stereocenters. The average Bonchev–Trinajstić information content (AvgIpc) is 2.37. The fourth-order valence-electron chi connectivity index (χ4n) is 1.41. The number of alkyl halides is 5. The lowest BCUT2D eigenvalue weighted by Gasteiger charge is -2.19. The molecule has 0 aromatic heterocycles. The number of hydrogen-bond donors (Lipinski definition) is 3. The van der Waals surface area contributed by atoms with Gasteiger partial charge >= 0.3 is 11.4 Å². The normalized spacial score (nSPS) is 12.9. The van der Waals surface area contributed by atoms with Crippen molar-refractivity contribution in [3.8, 4) is 0 Å². The fourth-order valence-corrected chi connectivity index (χ4v) is 1.55. The van der Waals surface area contributed by atoms with Crippen molar-refractivity contribution in [2.45, 2.75) is 11.8 Å². The lowest BCUT2D eigenvalue weighted by atomic mass is 10.1. The van der Waals surface area contributed by atoms with Gasteiger partial charge in [-0.3, -0.25) is 5.41 Å². The van der Waals surface area contributed by atoms with Gasteiger partial charge in [-0.2, -0.15) is 8.78 Å². The Morgan fingerprint density at radius 3 is 2.19 bits per heavy atom. The van der Waals surface area contributed by atoms with Crippen LogP contribution in [-0.4, -0.2) is 28.6 Å². The van der Waals surface area contributed by atoms with Crippen LogP contribution in [0.1, 0.15) is 0 Å². The molecule has 9 heteroatoms. The van der Waals surface area contributed by atoms with Crippen molar-refractivity contribution in [3.05, 3.63) is 41.6 Å². The number of para-hydroxylation sites is 1. The van der Waals surface area contributed by atoms with Gasteiger partial charge in [0.2, 0.25) is 0 Å². The summed E-state index contributed by atoms with van der Waals surface area (Å²) in [6.45, 7) is 0. The Hall–Kier alpha value is -2.09. The Kier molecular flexibility index (Phi) is 5.31. The summed E-state index contributed by atoms with van der Waals surface area (Å²) in [4.78, 5) is 11.0. The zero-order valence-electron chi connectivity index (χ0n) is 10.2. The van der Waals surface area contributed by atoms with Crippen LogP contribution in [0.25, 0.3) is 0 Å². The molecule has 21 heavy (non-hydrogen) atoms. The molecule has 0 saturated heterocycles. The monoisotopic (exact) mass is 324 g/mol. The highest BCUT2D eigenvalue weighted by molar-refractivity contribution is 6.27. The summed E-state index contributed by atoms with van der Waals surface area (Å²) in [6, 6.07) is 7.06. The van der Waals surface area contributed by atoms with E-state index >= 15 is 0 Å². The number of halogens is 5. The Labute approximate surface area is 121 Å². The molecule has 0 bridgehead atoms. The largest absolute Gasteiger partial charge is 0.478 e. The van der Waals surface area contributed by atoms with Gasteiger partial charge in [0.25, 0.3) is 6.43 Å². The van der Waals surface area contributed by atoms with Crippen LogP contribution in [0.4, 0.5) is 23.2 Å². The first-order valence-electron chi connectivity index (χ1n) is 5.38. The molecule has 0 aliphatic heterocycles. The van der Waals surface area contributed by atoms with Gasteiger partial charge in [0.1, 0.15) is 17.0 Å². The summed E-state index contributed by atoms with van der Waals surface area (Å²) in [5.41, 5.74) is -4.82. The molecule has 3 N–H and O–H groups in total. The van der Waals surface area contributed by atoms with Crippen LogP contribution >= 0.6 is 11.6 Å². The number of hydrogen-bond acceptors (Lipinski definition) is 3. The van der Waals surface area contributed by atoms with E-state index in [4.69, 9.17) is 22.1 Å². The van der Waals surface area contributed by atoms with E-state index in [9.17, 15) is 22.4 Å². The molecular weight excluding hydrogens is 316 g/mol. The standard InChI is InChI=1S/C12H9ClF4N2O2/c13-12(16,17)9(19-6-4-2-1-3-5-6)7(11(20)21)8(18)10(14)15/h1-5,10,18-19H,(H,20,21)/b9-7+,18-8?. The van der Waals surface area contributed by atoms with Crippen molar-refractivity contribution in [2.75, 3.05) is 5.32 Å². The molecular formula is C12H9ClF4N2O2. The van der Waals surface area contributed by atoms with Crippen molar-refractivity contribution in [1.29, 1.82) is 5.41 Å². The van der Waals surface area contributed by atoms with Crippen molar-refractivity contribution < 1.29 is 27.5 Å². The minimum absolute atomic E-state index is 0.00800. The van der Waals surface area contributed by atoms with Gasteiger partial charge < -0.3 is 10.4 Å². The van der Waals surface area contributed by atoms with E-state index in [0.717, 1.165) is 0 Å². The van der Waals surface area contributed by atoms with Crippen molar-refractivity contribution in [1.82, 2.24) is 0 Å². The van der Waals surface area contributed by atoms with Crippen molar-refractivity contribution >= 4 is 29.0 Å². The van der Waals surface area contributed by atoms with E-state index in [1.807, 2.05) is 5.32 Å². The van der Waals surface area contributed by atoms with Gasteiger partial charge in [0, 0.05) is 5.69 Å². The third kappa shape index (κ3) is 4.45. The molecule has 0 unspecified atom stereocenters. The van der Waals surface area contributed by atoms with Crippen LogP contribution in [0.15, 0.2) is 41.6 Å². The zero-order chi connectivity index (χ0) is 16.2. The molecule has 0 saturated carbocycles. The van der Waals surface area contributed by atoms with E-state index in [1.165, 1.54) is 24.3 Å². The molecule has 1 rings (SSSR count). The minimum Gasteiger partial charge on any atom is -0.478 e. The Morgan fingerprint density at radius 2 is 1.81 bits per heavy atom. The summed E-state index contributed by atoms with van der Waals surface area (Å²) in [6.07, 6.45) is -3.54. The Bertz CT molecular complexity index is 570. The molecule has 4 nitrogen and oxygen atoms in total. The number of aliphatic carboxylic acids is 1. The molecule has 0 spiro atoms. The second kappa shape index (κ2) is 6.57. The molecule has 0 radical (unpaired) electrons. The van der Waals surface area contributed by atoms with Crippen molar-refractivity contribution in [3.63, 3.8) is 0 Å². The number of rotatable bonds is 6. The minimum atomic E-state index is -4.27. The van der Waals surface area contributed by atoms with Gasteiger partial charge in [-0.25, -0.2) is 13.6 Å². The summed E-state index contributed by atoms with van der Waals surface area (Å²) in [5.74, 6) is -2.11. The van der Waals surface area contributed by atoms with Crippen molar-refractivity contribution in [2.24, 2.45) is 0 Å². The van der Waals surface area contributed by atoms with Crippen LogP contribution in [0.2, 0.25) is 0 Å². The highest BCUT2D eigenvalue weighted by atomic mass is 35.5. The van der Waals surface area contributed by atoms with Crippen LogP contribution < -0.4 is 5.32 Å². The van der Waals surface area contributed by atoms with E-state index in [-0.39, 0.29) is 5.69 Å². The lowest BCUT2D eigenvalue weighted by Crippen LogP contribution is -2.29. The summed E-state index contributed by atoms with van der Waals surface area (Å²) in [5, 5.41) is 13.5. The first kappa shape index (κ1) is 17.0. The molecule has 0 aliphatic rings. The molecule has 0 fully saturated rings. The Balaban J connectivity index is 3.42. The Morgan fingerprint density at radius 1 is 1.29 bits per heavy atom. The predicted octanol–water partition coefficient (Wildman–Crippen LogP) is 3.55. The van der Waals surface area contributed by atoms with Gasteiger partial charge in [-0.1, -0.05) is 18.2 Å². The number of carboxylic acids is 1. The molecule has 1 aromatic carbocycles. The predicted molar refractivity (Wildman–Crippen MR) is 69.3 cm³/mol. The number of anilines is 1. The average molecular weight is 325 g/mol. The first-order chi connectivity index (χ1) is 9.64. The van der Waals surface area contributed by atoms with Gasteiger partial charge in [-0.15, -0.1) is 0 Å². The number of carboxylic acid groups (broad SMARTS) is 1. The summed E-state index contributed by atoms with van der Waals surface area (Å²) >= 11 is 4.78. The van der Waals surface area contributed by atoms with E-state index in [2.05, 4.69) is 0 Å². The zero-order valence-corrected chi connectivity index (χ0v) is 11.0. The quantitative estimate of drug-likeness (QED) is 0.324. The van der Waals surface area contributed by atoms with E-state index in [0.29, 0.717) is 0 Å². The van der Waals surface area contributed by atoms with E-state index < -0.39 is 34.8 Å². The van der Waals surface area contributed by atoms with Crippen LogP contribution in [0.3, 0.4) is 0 Å². The number of benzene rings is 1. The topological polar surface area (TPSA) is 73.2 Å². The number of carbonyl (C=O) groups is 1. The first-order valence-corrected chi connectivity index (χ1v) is 5.76. The summed E-state index contributed by atoms with van der Waals surface area (Å²) < 4.78 is 51.7. The van der Waals surface area contributed by atoms with Gasteiger partial charge in [0.15, 0.2) is 0 Å². The highest BCUT2D eigenvalue weighted by Gasteiger charge is 2.39. The van der Waals surface area contributed by atoms with Crippen LogP contribution in [0.5, 0.6) is 0 Å². The van der Waals surface area contributed by atoms with Gasteiger partial charge in [0.05, 0.1) is 0 Å². The second-order valence-corrected chi connectivity index (χ2v) is 4.23. The van der Waals surface area contributed by atoms with Crippen LogP contribution in [0, 0.1) is 5.41 Å². The third-order valence-electron chi connectivity index (χ3n) is 2.28.